The van der Waals surface area contributed by atoms with Crippen LogP contribution in [0.1, 0.15) is 11.1 Å². The molecule has 4 nitrogen and oxygen atoms in total. The molecule has 3 N–H and O–H groups in total. The fraction of sp³-hybridized carbons (Fsp3) is 0.0714. The Kier molecular flexibility index (Phi) is 2.78. The first-order valence-corrected chi connectivity index (χ1v) is 6.16. The summed E-state index contributed by atoms with van der Waals surface area (Å²) in [6.07, 6.45) is 1.41. The van der Waals surface area contributed by atoms with E-state index in [1.54, 1.807) is 18.2 Å². The maximum absolute atomic E-state index is 11.0. The molecule has 0 saturated heterocycles. The molecule has 0 aromatic heterocycles. The third-order valence-corrected chi connectivity index (χ3v) is 3.44. The number of aliphatic hydroxyl groups is 1. The van der Waals surface area contributed by atoms with Crippen molar-refractivity contribution in [3.63, 3.8) is 0 Å². The van der Waals surface area contributed by atoms with E-state index in [4.69, 9.17) is 17.4 Å². The van der Waals surface area contributed by atoms with Crippen LogP contribution in [0.25, 0.3) is 0 Å². The van der Waals surface area contributed by atoms with Crippen molar-refractivity contribution >= 4 is 23.6 Å². The third-order valence-electron chi connectivity index (χ3n) is 3.21. The quantitative estimate of drug-likeness (QED) is 0.784. The second kappa shape index (κ2) is 4.35. The topological polar surface area (TPSA) is 61.8 Å². The van der Waals surface area contributed by atoms with Crippen molar-refractivity contribution in [1.82, 2.24) is 5.01 Å². The molecule has 0 saturated carbocycles. The van der Waals surface area contributed by atoms with E-state index in [0.717, 1.165) is 0 Å². The molecule has 1 atom stereocenters. The van der Waals surface area contributed by atoms with Gasteiger partial charge in [-0.1, -0.05) is 41.9 Å². The average molecular weight is 274 g/mol. The lowest BCUT2D eigenvalue weighted by molar-refractivity contribution is -0.0373. The second-order valence-electron chi connectivity index (χ2n) is 4.35. The Balaban J connectivity index is 2.26. The van der Waals surface area contributed by atoms with Gasteiger partial charge in [-0.15, -0.1) is 0 Å². The zero-order chi connectivity index (χ0) is 13.5. The number of halogens is 1. The van der Waals surface area contributed by atoms with E-state index in [2.05, 4.69) is 4.99 Å². The van der Waals surface area contributed by atoms with Crippen LogP contribution in [0.2, 0.25) is 5.02 Å². The summed E-state index contributed by atoms with van der Waals surface area (Å²) in [4.78, 5) is 4.19. The first kappa shape index (κ1) is 12.2. The predicted molar refractivity (Wildman–Crippen MR) is 75.1 cm³/mol. The molecule has 1 aliphatic rings. The highest BCUT2D eigenvalue weighted by atomic mass is 35.5. The predicted octanol–water partition coefficient (Wildman–Crippen LogP) is 2.38. The lowest BCUT2D eigenvalue weighted by Crippen LogP contribution is -2.52. The molecule has 1 unspecified atom stereocenters. The average Bonchev–Trinajstić information content (AvgIpc) is 2.44. The summed E-state index contributed by atoms with van der Waals surface area (Å²) in [6, 6.07) is 14.4. The van der Waals surface area contributed by atoms with Crippen molar-refractivity contribution in [2.24, 2.45) is 10.8 Å². The maximum Gasteiger partial charge on any atom is 0.207 e. The van der Waals surface area contributed by atoms with Gasteiger partial charge in [0.2, 0.25) is 5.72 Å². The SMILES string of the molecule is NN1C=Nc2ccc(Cl)cc2C1(O)c1ccccc1. The summed E-state index contributed by atoms with van der Waals surface area (Å²) < 4.78 is 0. The highest BCUT2D eigenvalue weighted by Gasteiger charge is 2.40. The van der Waals surface area contributed by atoms with Gasteiger partial charge >= 0.3 is 0 Å². The van der Waals surface area contributed by atoms with Gasteiger partial charge in [-0.05, 0) is 18.2 Å². The molecule has 1 heterocycles. The van der Waals surface area contributed by atoms with Crippen molar-refractivity contribution in [2.75, 3.05) is 0 Å². The van der Waals surface area contributed by atoms with Gasteiger partial charge < -0.3 is 5.11 Å². The van der Waals surface area contributed by atoms with Crippen LogP contribution in [0.15, 0.2) is 53.5 Å². The number of aliphatic imine (C=N–C) groups is 1. The van der Waals surface area contributed by atoms with Crippen LogP contribution in [0.3, 0.4) is 0 Å². The first-order valence-electron chi connectivity index (χ1n) is 5.78. The fourth-order valence-electron chi connectivity index (χ4n) is 2.22. The van der Waals surface area contributed by atoms with Gasteiger partial charge in [0.25, 0.3) is 0 Å². The van der Waals surface area contributed by atoms with Crippen molar-refractivity contribution < 1.29 is 5.11 Å². The number of hydrogen-bond donors (Lipinski definition) is 2. The minimum absolute atomic E-state index is 0.526. The number of benzene rings is 2. The van der Waals surface area contributed by atoms with E-state index < -0.39 is 5.72 Å². The lowest BCUT2D eigenvalue weighted by atomic mass is 9.91. The van der Waals surface area contributed by atoms with E-state index >= 15 is 0 Å². The van der Waals surface area contributed by atoms with Crippen molar-refractivity contribution in [3.8, 4) is 0 Å². The van der Waals surface area contributed by atoms with Crippen LogP contribution in [0.5, 0.6) is 0 Å². The Morgan fingerprint density at radius 1 is 1.16 bits per heavy atom. The molecule has 0 radical (unpaired) electrons. The molecule has 0 bridgehead atoms. The molecular weight excluding hydrogens is 262 g/mol. The Labute approximate surface area is 115 Å². The molecule has 1 aliphatic heterocycles. The van der Waals surface area contributed by atoms with Gasteiger partial charge in [-0.2, -0.15) is 0 Å². The largest absolute Gasteiger partial charge is 0.362 e. The number of nitrogens with two attached hydrogens (primary N) is 1. The summed E-state index contributed by atoms with van der Waals surface area (Å²) >= 11 is 6.02. The molecule has 3 rings (SSSR count). The lowest BCUT2D eigenvalue weighted by Gasteiger charge is -2.39. The van der Waals surface area contributed by atoms with Crippen LogP contribution in [-0.4, -0.2) is 16.5 Å². The normalized spacial score (nSPS) is 21.3. The molecule has 2 aromatic rings. The molecule has 0 aliphatic carbocycles. The summed E-state index contributed by atoms with van der Waals surface area (Å²) in [5.41, 5.74) is 0.407. The Hall–Kier alpha value is -1.88. The zero-order valence-corrected chi connectivity index (χ0v) is 10.7. The molecule has 5 heteroatoms. The molecule has 96 valence electrons. The van der Waals surface area contributed by atoms with E-state index in [9.17, 15) is 5.11 Å². The monoisotopic (exact) mass is 273 g/mol. The van der Waals surface area contributed by atoms with Crippen LogP contribution >= 0.6 is 11.6 Å². The van der Waals surface area contributed by atoms with E-state index in [1.165, 1.54) is 11.3 Å². The van der Waals surface area contributed by atoms with Crippen molar-refractivity contribution in [2.45, 2.75) is 5.72 Å². The molecule has 0 fully saturated rings. The maximum atomic E-state index is 11.0. The fourth-order valence-corrected chi connectivity index (χ4v) is 2.39. The summed E-state index contributed by atoms with van der Waals surface area (Å²) in [5.74, 6) is 5.90. The van der Waals surface area contributed by atoms with Crippen molar-refractivity contribution in [3.05, 3.63) is 64.7 Å². The van der Waals surface area contributed by atoms with Crippen LogP contribution in [-0.2, 0) is 5.72 Å². The van der Waals surface area contributed by atoms with E-state index in [1.807, 2.05) is 30.3 Å². The van der Waals surface area contributed by atoms with E-state index in [-0.39, 0.29) is 0 Å². The van der Waals surface area contributed by atoms with Gasteiger partial charge in [0, 0.05) is 16.1 Å². The Morgan fingerprint density at radius 2 is 1.89 bits per heavy atom. The standard InChI is InChI=1S/C14H12ClN3O/c15-11-6-7-13-12(8-11)14(19,18(16)9-17-13)10-4-2-1-3-5-10/h1-9,19H,16H2. The van der Waals surface area contributed by atoms with Crippen LogP contribution < -0.4 is 5.84 Å². The van der Waals surface area contributed by atoms with Crippen LogP contribution in [0, 0.1) is 0 Å². The number of nitrogens with zero attached hydrogens (tertiary/aromatic N) is 2. The van der Waals surface area contributed by atoms with Gasteiger partial charge in [0.1, 0.15) is 6.34 Å². The molecular formula is C14H12ClN3O. The number of hydrogen-bond acceptors (Lipinski definition) is 4. The van der Waals surface area contributed by atoms with Gasteiger partial charge in [0.05, 0.1) is 5.69 Å². The van der Waals surface area contributed by atoms with Crippen LogP contribution in [0.4, 0.5) is 5.69 Å². The first-order chi connectivity index (χ1) is 9.12. The second-order valence-corrected chi connectivity index (χ2v) is 4.79. The van der Waals surface area contributed by atoms with Gasteiger partial charge in [-0.25, -0.2) is 10.8 Å². The van der Waals surface area contributed by atoms with Gasteiger partial charge in [-0.3, -0.25) is 5.01 Å². The smallest absolute Gasteiger partial charge is 0.207 e. The Bertz CT molecular complexity index is 644. The number of fused-ring (bicyclic) bond motifs is 1. The minimum atomic E-state index is -1.47. The van der Waals surface area contributed by atoms with Gasteiger partial charge in [0.15, 0.2) is 0 Å². The summed E-state index contributed by atoms with van der Waals surface area (Å²) in [6.45, 7) is 0. The molecule has 2 aromatic carbocycles. The highest BCUT2D eigenvalue weighted by Crippen LogP contribution is 2.40. The molecule has 19 heavy (non-hydrogen) atoms. The van der Waals surface area contributed by atoms with Crippen molar-refractivity contribution in [1.29, 1.82) is 0 Å². The number of rotatable bonds is 1. The molecule has 0 spiro atoms. The minimum Gasteiger partial charge on any atom is -0.362 e. The Morgan fingerprint density at radius 3 is 2.63 bits per heavy atom. The van der Waals surface area contributed by atoms with E-state index in [0.29, 0.717) is 21.8 Å². The molecule has 0 amide bonds. The number of hydrazine groups is 1. The highest BCUT2D eigenvalue weighted by molar-refractivity contribution is 6.30. The summed E-state index contributed by atoms with van der Waals surface area (Å²) in [5, 5.41) is 12.7. The zero-order valence-electron chi connectivity index (χ0n) is 9.99. The summed E-state index contributed by atoms with van der Waals surface area (Å²) in [7, 11) is 0. The third kappa shape index (κ3) is 1.81.